The standard InChI is InChI=1S/C44H63NO5/c1-4-6-8-10-11-12-13-14-15-16-17-18-19-21-33-49-44(46)39-25-22-37(23-26-39)36-50-42-31-24-38(34-43(42)47-3)35-45-40-27-29-41(30-28-40)48-32-20-9-7-5-2/h22-31,34-35H,4-21,32-33,36H2,1-3H3. The molecule has 0 heterocycles. The van der Waals surface area contributed by atoms with Crippen LogP contribution in [0.15, 0.2) is 71.7 Å². The SMILES string of the molecule is CCCCCCCCCCCCCCCCOC(=O)c1ccc(COc2ccc(C=Nc3ccc(OCCCCCC)cc3)cc2OC)cc1. The quantitative estimate of drug-likeness (QED) is 0.0432. The van der Waals surface area contributed by atoms with Crippen molar-refractivity contribution in [2.24, 2.45) is 4.99 Å². The molecule has 50 heavy (non-hydrogen) atoms. The second kappa shape index (κ2) is 26.1. The molecule has 3 aromatic carbocycles. The van der Waals surface area contributed by atoms with Crippen molar-refractivity contribution in [3.63, 3.8) is 0 Å². The molecule has 0 aliphatic carbocycles. The second-order valence-corrected chi connectivity index (χ2v) is 13.3. The number of esters is 1. The van der Waals surface area contributed by atoms with Gasteiger partial charge in [-0.25, -0.2) is 4.79 Å². The molecule has 0 radical (unpaired) electrons. The normalized spacial score (nSPS) is 11.2. The van der Waals surface area contributed by atoms with E-state index in [2.05, 4.69) is 18.8 Å². The summed E-state index contributed by atoms with van der Waals surface area (Å²) in [6.07, 6.45) is 24.9. The summed E-state index contributed by atoms with van der Waals surface area (Å²) in [6.45, 7) is 6.06. The lowest BCUT2D eigenvalue weighted by atomic mass is 10.0. The summed E-state index contributed by atoms with van der Waals surface area (Å²) in [5.74, 6) is 1.87. The Morgan fingerprint density at radius 3 is 1.76 bits per heavy atom. The molecule has 0 aliphatic rings. The van der Waals surface area contributed by atoms with E-state index in [0.717, 1.165) is 48.4 Å². The summed E-state index contributed by atoms with van der Waals surface area (Å²) in [5.41, 5.74) is 3.27. The Morgan fingerprint density at radius 1 is 0.600 bits per heavy atom. The molecular weight excluding hydrogens is 622 g/mol. The van der Waals surface area contributed by atoms with Gasteiger partial charge in [0, 0.05) is 6.21 Å². The molecule has 0 unspecified atom stereocenters. The van der Waals surface area contributed by atoms with Crippen LogP contribution in [0.5, 0.6) is 17.2 Å². The van der Waals surface area contributed by atoms with Gasteiger partial charge < -0.3 is 18.9 Å². The molecule has 0 fully saturated rings. The average molecular weight is 686 g/mol. The molecule has 0 atom stereocenters. The van der Waals surface area contributed by atoms with Crippen LogP contribution in [0.3, 0.4) is 0 Å². The lowest BCUT2D eigenvalue weighted by Crippen LogP contribution is -2.07. The van der Waals surface area contributed by atoms with E-state index in [-0.39, 0.29) is 5.97 Å². The maximum Gasteiger partial charge on any atom is 0.338 e. The van der Waals surface area contributed by atoms with Crippen LogP contribution in [-0.4, -0.2) is 32.5 Å². The van der Waals surface area contributed by atoms with Gasteiger partial charge in [-0.3, -0.25) is 4.99 Å². The van der Waals surface area contributed by atoms with Crippen LogP contribution in [-0.2, 0) is 11.3 Å². The van der Waals surface area contributed by atoms with Crippen molar-refractivity contribution in [1.29, 1.82) is 0 Å². The van der Waals surface area contributed by atoms with Gasteiger partial charge in [-0.15, -0.1) is 0 Å². The fourth-order valence-electron chi connectivity index (χ4n) is 5.82. The predicted octanol–water partition coefficient (Wildman–Crippen LogP) is 12.6. The van der Waals surface area contributed by atoms with E-state index in [1.54, 1.807) is 19.2 Å². The smallest absolute Gasteiger partial charge is 0.338 e. The molecule has 0 aromatic heterocycles. The summed E-state index contributed by atoms with van der Waals surface area (Å²) >= 11 is 0. The van der Waals surface area contributed by atoms with Gasteiger partial charge in [-0.1, -0.05) is 129 Å². The summed E-state index contributed by atoms with van der Waals surface area (Å²) < 4.78 is 23.0. The number of unbranched alkanes of at least 4 members (excludes halogenated alkanes) is 16. The molecule has 3 aromatic rings. The van der Waals surface area contributed by atoms with Crippen LogP contribution < -0.4 is 14.2 Å². The minimum atomic E-state index is -0.270. The first kappa shape index (κ1) is 40.6. The Morgan fingerprint density at radius 2 is 1.16 bits per heavy atom. The van der Waals surface area contributed by atoms with E-state index < -0.39 is 0 Å². The molecule has 6 heteroatoms. The van der Waals surface area contributed by atoms with Gasteiger partial charge in [0.05, 0.1) is 31.6 Å². The van der Waals surface area contributed by atoms with Crippen molar-refractivity contribution in [2.75, 3.05) is 20.3 Å². The lowest BCUT2D eigenvalue weighted by Gasteiger charge is -2.12. The molecule has 274 valence electrons. The zero-order chi connectivity index (χ0) is 35.5. The highest BCUT2D eigenvalue weighted by Gasteiger charge is 2.09. The molecule has 0 saturated carbocycles. The van der Waals surface area contributed by atoms with Crippen LogP contribution in [0, 0.1) is 0 Å². The first-order valence-electron chi connectivity index (χ1n) is 19.5. The van der Waals surface area contributed by atoms with E-state index in [0.29, 0.717) is 30.3 Å². The molecule has 0 amide bonds. The van der Waals surface area contributed by atoms with Crippen LogP contribution in [0.2, 0.25) is 0 Å². The first-order chi connectivity index (χ1) is 24.6. The van der Waals surface area contributed by atoms with Crippen LogP contribution in [0.1, 0.15) is 151 Å². The number of carbonyl (C=O) groups is 1. The van der Waals surface area contributed by atoms with Gasteiger partial charge in [0.2, 0.25) is 0 Å². The van der Waals surface area contributed by atoms with Gasteiger partial charge in [-0.05, 0) is 78.6 Å². The summed E-state index contributed by atoms with van der Waals surface area (Å²) in [5, 5.41) is 0. The fraction of sp³-hybridized carbons (Fsp3) is 0.545. The minimum absolute atomic E-state index is 0.270. The van der Waals surface area contributed by atoms with Gasteiger partial charge in [0.15, 0.2) is 11.5 Å². The highest BCUT2D eigenvalue weighted by Crippen LogP contribution is 2.29. The number of nitrogens with zero attached hydrogens (tertiary/aromatic N) is 1. The average Bonchev–Trinajstić information content (AvgIpc) is 3.15. The van der Waals surface area contributed by atoms with E-state index in [1.165, 1.54) is 96.3 Å². The number of ether oxygens (including phenoxy) is 4. The van der Waals surface area contributed by atoms with Gasteiger partial charge >= 0.3 is 5.97 Å². The van der Waals surface area contributed by atoms with Gasteiger partial charge in [0.25, 0.3) is 0 Å². The maximum absolute atomic E-state index is 12.5. The number of hydrogen-bond donors (Lipinski definition) is 0. The Hall–Kier alpha value is -3.80. The number of methoxy groups -OCH3 is 1. The summed E-state index contributed by atoms with van der Waals surface area (Å²) in [7, 11) is 1.63. The molecular formula is C44H63NO5. The van der Waals surface area contributed by atoms with Crippen molar-refractivity contribution in [3.8, 4) is 17.2 Å². The molecule has 0 saturated heterocycles. The third-order valence-electron chi connectivity index (χ3n) is 8.97. The number of carbonyl (C=O) groups excluding carboxylic acids is 1. The number of benzene rings is 3. The molecule has 0 bridgehead atoms. The van der Waals surface area contributed by atoms with E-state index in [4.69, 9.17) is 18.9 Å². The minimum Gasteiger partial charge on any atom is -0.494 e. The van der Waals surface area contributed by atoms with Crippen molar-refractivity contribution in [2.45, 2.75) is 136 Å². The zero-order valence-corrected chi connectivity index (χ0v) is 31.3. The highest BCUT2D eigenvalue weighted by molar-refractivity contribution is 5.89. The molecule has 3 rings (SSSR count). The monoisotopic (exact) mass is 685 g/mol. The van der Waals surface area contributed by atoms with E-state index in [1.807, 2.05) is 60.8 Å². The zero-order valence-electron chi connectivity index (χ0n) is 31.3. The van der Waals surface area contributed by atoms with Crippen molar-refractivity contribution in [1.82, 2.24) is 0 Å². The Balaban J connectivity index is 1.30. The topological polar surface area (TPSA) is 66.4 Å². The van der Waals surface area contributed by atoms with E-state index >= 15 is 0 Å². The fourth-order valence-corrected chi connectivity index (χ4v) is 5.82. The molecule has 0 N–H and O–H groups in total. The third kappa shape index (κ3) is 17.2. The van der Waals surface area contributed by atoms with Crippen LogP contribution in [0.25, 0.3) is 0 Å². The maximum atomic E-state index is 12.5. The Bertz CT molecular complexity index is 1340. The molecule has 6 nitrogen and oxygen atoms in total. The second-order valence-electron chi connectivity index (χ2n) is 13.3. The Labute approximate surface area is 303 Å². The lowest BCUT2D eigenvalue weighted by molar-refractivity contribution is 0.0497. The molecule has 0 aliphatic heterocycles. The van der Waals surface area contributed by atoms with E-state index in [9.17, 15) is 4.79 Å². The largest absolute Gasteiger partial charge is 0.494 e. The number of hydrogen-bond acceptors (Lipinski definition) is 6. The highest BCUT2D eigenvalue weighted by atomic mass is 16.5. The van der Waals surface area contributed by atoms with Crippen molar-refractivity contribution in [3.05, 3.63) is 83.4 Å². The van der Waals surface area contributed by atoms with Crippen molar-refractivity contribution >= 4 is 17.9 Å². The van der Waals surface area contributed by atoms with Crippen LogP contribution in [0.4, 0.5) is 5.69 Å². The van der Waals surface area contributed by atoms with Crippen LogP contribution >= 0.6 is 0 Å². The predicted molar refractivity (Wildman–Crippen MR) is 208 cm³/mol. The van der Waals surface area contributed by atoms with Crippen molar-refractivity contribution < 1.29 is 23.7 Å². The summed E-state index contributed by atoms with van der Waals surface area (Å²) in [4.78, 5) is 17.1. The summed E-state index contributed by atoms with van der Waals surface area (Å²) in [6, 6.07) is 21.0. The van der Waals surface area contributed by atoms with Gasteiger partial charge in [-0.2, -0.15) is 0 Å². The Kier molecular flexibility index (Phi) is 21.2. The van der Waals surface area contributed by atoms with Gasteiger partial charge in [0.1, 0.15) is 12.4 Å². The third-order valence-corrected chi connectivity index (χ3v) is 8.97. The number of aliphatic imine (C=N–C) groups is 1. The molecule has 0 spiro atoms. The number of rotatable bonds is 28. The first-order valence-corrected chi connectivity index (χ1v) is 19.5.